The van der Waals surface area contributed by atoms with Crippen LogP contribution in [0.1, 0.15) is 11.4 Å². The zero-order valence-corrected chi connectivity index (χ0v) is 17.6. The highest BCUT2D eigenvalue weighted by Crippen LogP contribution is 2.36. The molecule has 4 heterocycles. The van der Waals surface area contributed by atoms with E-state index in [1.54, 1.807) is 24.6 Å². The molecule has 4 aromatic rings. The average Bonchev–Trinajstić information content (AvgIpc) is 3.34. The van der Waals surface area contributed by atoms with Crippen molar-refractivity contribution in [1.82, 2.24) is 19.5 Å². The van der Waals surface area contributed by atoms with Crippen molar-refractivity contribution in [2.24, 2.45) is 17.0 Å². The molecule has 4 aromatic heterocycles. The third-order valence-corrected chi connectivity index (χ3v) is 5.62. The Morgan fingerprint density at radius 1 is 1.21 bits per heavy atom. The predicted molar refractivity (Wildman–Crippen MR) is 123 cm³/mol. The highest BCUT2D eigenvalue weighted by molar-refractivity contribution is 7.18. The van der Waals surface area contributed by atoms with Gasteiger partial charge >= 0.3 is 0 Å². The van der Waals surface area contributed by atoms with E-state index in [4.69, 9.17) is 9.97 Å². The molecule has 0 unspecified atom stereocenters. The lowest BCUT2D eigenvalue weighted by Crippen LogP contribution is -2.03. The average molecular weight is 403 g/mol. The molecule has 0 aliphatic heterocycles. The van der Waals surface area contributed by atoms with Crippen LogP contribution in [0.25, 0.3) is 32.0 Å². The first kappa shape index (κ1) is 20.3. The van der Waals surface area contributed by atoms with E-state index >= 15 is 0 Å². The van der Waals surface area contributed by atoms with Gasteiger partial charge in [0.2, 0.25) is 0 Å². The fourth-order valence-electron chi connectivity index (χ4n) is 3.05. The highest BCUT2D eigenvalue weighted by Gasteiger charge is 2.18. The van der Waals surface area contributed by atoms with Gasteiger partial charge in [-0.3, -0.25) is 9.98 Å². The summed E-state index contributed by atoms with van der Waals surface area (Å²) in [5, 5.41) is 1.93. The Bertz CT molecular complexity index is 1190. The third kappa shape index (κ3) is 3.77. The van der Waals surface area contributed by atoms with Gasteiger partial charge in [0, 0.05) is 43.6 Å². The lowest BCUT2D eigenvalue weighted by Gasteiger charge is -2.07. The minimum absolute atomic E-state index is 0.530. The Morgan fingerprint density at radius 3 is 2.66 bits per heavy atom. The van der Waals surface area contributed by atoms with E-state index in [1.165, 1.54) is 0 Å². The second-order valence-corrected chi connectivity index (χ2v) is 7.10. The van der Waals surface area contributed by atoms with Crippen LogP contribution in [0.15, 0.2) is 66.0 Å². The molecule has 146 valence electrons. The molecule has 0 radical (unpaired) electrons. The van der Waals surface area contributed by atoms with Crippen LogP contribution in [0.2, 0.25) is 0 Å². The molecule has 0 aromatic carbocycles. The normalized spacial score (nSPS) is 11.2. The lowest BCUT2D eigenvalue weighted by atomic mass is 10.1. The SMILES string of the molecule is C=C.C=NC(=NC)c1nc(-c2sc(-c3cccnc3)nc2C)cc2c1ccn2C. The summed E-state index contributed by atoms with van der Waals surface area (Å²) in [6.45, 7) is 11.6. The van der Waals surface area contributed by atoms with E-state index in [1.807, 2.05) is 44.6 Å². The molecule has 0 atom stereocenters. The number of aromatic nitrogens is 4. The first-order valence-corrected chi connectivity index (χ1v) is 9.72. The summed E-state index contributed by atoms with van der Waals surface area (Å²) in [5.74, 6) is 0.530. The summed E-state index contributed by atoms with van der Waals surface area (Å²) in [6.07, 6.45) is 5.59. The number of thiazole rings is 1. The Morgan fingerprint density at radius 2 is 2.00 bits per heavy atom. The van der Waals surface area contributed by atoms with Crippen LogP contribution >= 0.6 is 11.3 Å². The first-order chi connectivity index (χ1) is 14.1. The Balaban J connectivity index is 0.00000117. The molecule has 0 aliphatic carbocycles. The van der Waals surface area contributed by atoms with Crippen molar-refractivity contribution in [3.8, 4) is 21.1 Å². The van der Waals surface area contributed by atoms with Gasteiger partial charge in [-0.25, -0.2) is 15.0 Å². The van der Waals surface area contributed by atoms with Crippen LogP contribution in [0.4, 0.5) is 0 Å². The van der Waals surface area contributed by atoms with Crippen molar-refractivity contribution in [3.63, 3.8) is 0 Å². The summed E-state index contributed by atoms with van der Waals surface area (Å²) in [4.78, 5) is 23.1. The molecule has 29 heavy (non-hydrogen) atoms. The zero-order chi connectivity index (χ0) is 21.0. The van der Waals surface area contributed by atoms with Gasteiger partial charge in [-0.15, -0.1) is 24.5 Å². The fourth-order valence-corrected chi connectivity index (χ4v) is 4.07. The Labute approximate surface area is 174 Å². The van der Waals surface area contributed by atoms with E-state index in [9.17, 15) is 0 Å². The number of nitrogens with zero attached hydrogens (tertiary/aromatic N) is 6. The summed E-state index contributed by atoms with van der Waals surface area (Å²) >= 11 is 1.61. The van der Waals surface area contributed by atoms with Gasteiger partial charge in [-0.2, -0.15) is 0 Å². The van der Waals surface area contributed by atoms with E-state index in [0.29, 0.717) is 5.84 Å². The van der Waals surface area contributed by atoms with Crippen molar-refractivity contribution >= 4 is 34.8 Å². The van der Waals surface area contributed by atoms with Crippen molar-refractivity contribution in [2.45, 2.75) is 6.92 Å². The highest BCUT2D eigenvalue weighted by atomic mass is 32.1. The molecule has 0 N–H and O–H groups in total. The maximum Gasteiger partial charge on any atom is 0.173 e. The fraction of sp³-hybridized carbons (Fsp3) is 0.136. The molecule has 0 aliphatic rings. The second kappa shape index (κ2) is 8.70. The van der Waals surface area contributed by atoms with Crippen LogP contribution in [0.5, 0.6) is 0 Å². The molecular weight excluding hydrogens is 380 g/mol. The molecule has 0 spiro atoms. The van der Waals surface area contributed by atoms with Gasteiger partial charge in [0.05, 0.1) is 21.8 Å². The predicted octanol–water partition coefficient (Wildman–Crippen LogP) is 4.95. The maximum absolute atomic E-state index is 4.87. The number of rotatable bonds is 3. The van der Waals surface area contributed by atoms with Crippen molar-refractivity contribution < 1.29 is 0 Å². The minimum Gasteiger partial charge on any atom is -0.350 e. The van der Waals surface area contributed by atoms with Crippen LogP contribution < -0.4 is 0 Å². The van der Waals surface area contributed by atoms with Gasteiger partial charge in [-0.05, 0) is 37.9 Å². The van der Waals surface area contributed by atoms with Gasteiger partial charge < -0.3 is 4.57 Å². The number of aliphatic imine (C=N–C) groups is 2. The molecule has 0 fully saturated rings. The molecule has 0 bridgehead atoms. The molecule has 0 saturated heterocycles. The van der Waals surface area contributed by atoms with Crippen LogP contribution in [0.3, 0.4) is 0 Å². The molecule has 6 nitrogen and oxygen atoms in total. The van der Waals surface area contributed by atoms with Crippen LogP contribution in [-0.2, 0) is 7.05 Å². The second-order valence-electron chi connectivity index (χ2n) is 6.10. The smallest absolute Gasteiger partial charge is 0.173 e. The molecule has 4 rings (SSSR count). The number of fused-ring (bicyclic) bond motifs is 1. The first-order valence-electron chi connectivity index (χ1n) is 8.90. The molecule has 0 amide bonds. The summed E-state index contributed by atoms with van der Waals surface area (Å²) in [7, 11) is 3.71. The van der Waals surface area contributed by atoms with Crippen molar-refractivity contribution in [2.75, 3.05) is 7.05 Å². The van der Waals surface area contributed by atoms with E-state index < -0.39 is 0 Å². The Hall–Kier alpha value is -3.45. The topological polar surface area (TPSA) is 68.3 Å². The number of hydrogen-bond acceptors (Lipinski definition) is 5. The molecule has 7 heteroatoms. The summed E-state index contributed by atoms with van der Waals surface area (Å²) in [6, 6.07) is 8.04. The summed E-state index contributed by atoms with van der Waals surface area (Å²) in [5.41, 5.74) is 4.59. The zero-order valence-electron chi connectivity index (χ0n) is 16.8. The summed E-state index contributed by atoms with van der Waals surface area (Å²) < 4.78 is 2.07. The van der Waals surface area contributed by atoms with E-state index in [2.05, 4.69) is 45.5 Å². The number of aryl methyl sites for hydroxylation is 2. The quantitative estimate of drug-likeness (QED) is 0.277. The Kier molecular flexibility index (Phi) is 6.09. The lowest BCUT2D eigenvalue weighted by molar-refractivity contribution is 0.968. The largest absolute Gasteiger partial charge is 0.350 e. The number of hydrogen-bond donors (Lipinski definition) is 0. The molecule has 0 saturated carbocycles. The van der Waals surface area contributed by atoms with E-state index in [-0.39, 0.29) is 0 Å². The van der Waals surface area contributed by atoms with E-state index in [0.717, 1.165) is 43.4 Å². The third-order valence-electron chi connectivity index (χ3n) is 4.39. The van der Waals surface area contributed by atoms with Crippen LogP contribution in [0, 0.1) is 6.92 Å². The minimum atomic E-state index is 0.530. The number of pyridine rings is 2. The van der Waals surface area contributed by atoms with Crippen molar-refractivity contribution in [1.29, 1.82) is 0 Å². The monoisotopic (exact) mass is 402 g/mol. The standard InChI is InChI=1S/C20H18N6S.C2H4/c1-12-18(27-20(24-12)13-6-5-8-23-11-13)15-10-16-14(7-9-26(16)4)17(25-15)19(21-2)22-3;1-2/h5-11H,2H2,1,3-4H3;1-2H2. The van der Waals surface area contributed by atoms with Crippen LogP contribution in [-0.4, -0.2) is 39.1 Å². The van der Waals surface area contributed by atoms with Crippen molar-refractivity contribution in [3.05, 3.63) is 67.4 Å². The maximum atomic E-state index is 4.87. The van der Waals surface area contributed by atoms with Gasteiger partial charge in [0.1, 0.15) is 10.7 Å². The molecular formula is C22H22N6S. The van der Waals surface area contributed by atoms with Gasteiger partial charge in [-0.1, -0.05) is 0 Å². The van der Waals surface area contributed by atoms with Gasteiger partial charge in [0.15, 0.2) is 5.84 Å². The van der Waals surface area contributed by atoms with Gasteiger partial charge in [0.25, 0.3) is 0 Å². The number of amidine groups is 1.